The van der Waals surface area contributed by atoms with Gasteiger partial charge in [-0.05, 0) is 19.1 Å². The van der Waals surface area contributed by atoms with Crippen LogP contribution in [0.1, 0.15) is 16.1 Å². The molecule has 0 atom stereocenters. The Hall–Kier alpha value is -1.90. The SMILES string of the molecule is C=CCN(CC=C)C(=O)c1ccnc(C)c1. The van der Waals surface area contributed by atoms with Crippen LogP contribution in [0.4, 0.5) is 0 Å². The van der Waals surface area contributed by atoms with Crippen molar-refractivity contribution >= 4 is 5.91 Å². The van der Waals surface area contributed by atoms with Crippen molar-refractivity contribution in [2.75, 3.05) is 13.1 Å². The van der Waals surface area contributed by atoms with Gasteiger partial charge < -0.3 is 4.90 Å². The Balaban J connectivity index is 2.89. The van der Waals surface area contributed by atoms with E-state index in [4.69, 9.17) is 0 Å². The molecule has 0 aliphatic carbocycles. The maximum atomic E-state index is 12.1. The summed E-state index contributed by atoms with van der Waals surface area (Å²) in [6.07, 6.45) is 5.05. The minimum Gasteiger partial charge on any atom is -0.331 e. The smallest absolute Gasteiger partial charge is 0.254 e. The third-order valence-electron chi connectivity index (χ3n) is 2.13. The molecule has 1 rings (SSSR count). The molecule has 84 valence electrons. The van der Waals surface area contributed by atoms with Gasteiger partial charge in [0.1, 0.15) is 0 Å². The molecule has 0 N–H and O–H groups in total. The van der Waals surface area contributed by atoms with Gasteiger partial charge in [-0.2, -0.15) is 0 Å². The van der Waals surface area contributed by atoms with Crippen molar-refractivity contribution in [1.82, 2.24) is 9.88 Å². The highest BCUT2D eigenvalue weighted by atomic mass is 16.2. The van der Waals surface area contributed by atoms with E-state index in [2.05, 4.69) is 18.1 Å². The summed E-state index contributed by atoms with van der Waals surface area (Å²) in [5, 5.41) is 0. The normalized spacial score (nSPS) is 9.56. The second-order valence-corrected chi connectivity index (χ2v) is 3.47. The largest absolute Gasteiger partial charge is 0.331 e. The minimum atomic E-state index is -0.0229. The molecular formula is C13H16N2O. The standard InChI is InChI=1S/C13H16N2O/c1-4-8-15(9-5-2)13(16)12-6-7-14-11(3)10-12/h4-7,10H,1-2,8-9H2,3H3. The van der Waals surface area contributed by atoms with E-state index in [0.29, 0.717) is 18.7 Å². The van der Waals surface area contributed by atoms with E-state index >= 15 is 0 Å². The minimum absolute atomic E-state index is 0.0229. The molecule has 1 aromatic heterocycles. The van der Waals surface area contributed by atoms with Crippen LogP contribution in [0.3, 0.4) is 0 Å². The van der Waals surface area contributed by atoms with Crippen LogP contribution in [0.15, 0.2) is 43.6 Å². The number of hydrogen-bond donors (Lipinski definition) is 0. The summed E-state index contributed by atoms with van der Waals surface area (Å²) in [5.74, 6) is -0.0229. The molecule has 1 heterocycles. The van der Waals surface area contributed by atoms with Crippen LogP contribution in [0.2, 0.25) is 0 Å². The van der Waals surface area contributed by atoms with Crippen molar-refractivity contribution in [3.63, 3.8) is 0 Å². The zero-order chi connectivity index (χ0) is 12.0. The first-order valence-electron chi connectivity index (χ1n) is 5.12. The van der Waals surface area contributed by atoms with E-state index < -0.39 is 0 Å². The van der Waals surface area contributed by atoms with Crippen LogP contribution in [0.25, 0.3) is 0 Å². The molecular weight excluding hydrogens is 200 g/mol. The quantitative estimate of drug-likeness (QED) is 0.707. The fourth-order valence-corrected chi connectivity index (χ4v) is 1.41. The Morgan fingerprint density at radius 1 is 1.44 bits per heavy atom. The average Bonchev–Trinajstić information content (AvgIpc) is 2.28. The lowest BCUT2D eigenvalue weighted by atomic mass is 10.2. The second-order valence-electron chi connectivity index (χ2n) is 3.47. The van der Waals surface area contributed by atoms with Gasteiger partial charge in [-0.25, -0.2) is 0 Å². The molecule has 1 aromatic rings. The van der Waals surface area contributed by atoms with Crippen LogP contribution in [0, 0.1) is 6.92 Å². The Morgan fingerprint density at radius 2 is 2.06 bits per heavy atom. The van der Waals surface area contributed by atoms with Gasteiger partial charge in [-0.15, -0.1) is 13.2 Å². The van der Waals surface area contributed by atoms with E-state index in [1.807, 2.05) is 6.92 Å². The molecule has 0 spiro atoms. The molecule has 0 bridgehead atoms. The first-order valence-corrected chi connectivity index (χ1v) is 5.12. The van der Waals surface area contributed by atoms with Crippen LogP contribution in [-0.2, 0) is 0 Å². The molecule has 0 saturated heterocycles. The van der Waals surface area contributed by atoms with Gasteiger partial charge in [0.25, 0.3) is 5.91 Å². The molecule has 0 aromatic carbocycles. The zero-order valence-corrected chi connectivity index (χ0v) is 9.52. The Bertz CT molecular complexity index is 389. The van der Waals surface area contributed by atoms with Crippen LogP contribution in [0.5, 0.6) is 0 Å². The number of rotatable bonds is 5. The topological polar surface area (TPSA) is 33.2 Å². The van der Waals surface area contributed by atoms with Crippen molar-refractivity contribution in [2.24, 2.45) is 0 Å². The summed E-state index contributed by atoms with van der Waals surface area (Å²) >= 11 is 0. The van der Waals surface area contributed by atoms with Crippen molar-refractivity contribution in [2.45, 2.75) is 6.92 Å². The summed E-state index contributed by atoms with van der Waals surface area (Å²) < 4.78 is 0. The first-order chi connectivity index (χ1) is 7.69. The zero-order valence-electron chi connectivity index (χ0n) is 9.52. The number of aromatic nitrogens is 1. The predicted octanol–water partition coefficient (Wildman–Crippen LogP) is 2.20. The molecule has 3 heteroatoms. The summed E-state index contributed by atoms with van der Waals surface area (Å²) in [6, 6.07) is 3.50. The predicted molar refractivity (Wildman–Crippen MR) is 65.3 cm³/mol. The Labute approximate surface area is 96.1 Å². The fraction of sp³-hybridized carbons (Fsp3) is 0.231. The van der Waals surface area contributed by atoms with E-state index in [9.17, 15) is 4.79 Å². The summed E-state index contributed by atoms with van der Waals surface area (Å²) in [5.41, 5.74) is 1.49. The molecule has 0 unspecified atom stereocenters. The van der Waals surface area contributed by atoms with Crippen molar-refractivity contribution < 1.29 is 4.79 Å². The lowest BCUT2D eigenvalue weighted by Gasteiger charge is -2.19. The van der Waals surface area contributed by atoms with E-state index in [1.54, 1.807) is 35.4 Å². The number of carbonyl (C=O) groups excluding carboxylic acids is 1. The van der Waals surface area contributed by atoms with E-state index in [0.717, 1.165) is 5.69 Å². The van der Waals surface area contributed by atoms with Crippen LogP contribution < -0.4 is 0 Å². The molecule has 16 heavy (non-hydrogen) atoms. The van der Waals surface area contributed by atoms with Gasteiger partial charge in [0.2, 0.25) is 0 Å². The third kappa shape index (κ3) is 3.05. The highest BCUT2D eigenvalue weighted by Gasteiger charge is 2.12. The number of carbonyl (C=O) groups is 1. The van der Waals surface area contributed by atoms with Gasteiger partial charge >= 0.3 is 0 Å². The number of hydrogen-bond acceptors (Lipinski definition) is 2. The van der Waals surface area contributed by atoms with Crippen molar-refractivity contribution in [3.05, 3.63) is 54.9 Å². The van der Waals surface area contributed by atoms with Gasteiger partial charge in [-0.3, -0.25) is 9.78 Å². The van der Waals surface area contributed by atoms with Crippen LogP contribution in [-0.4, -0.2) is 28.9 Å². The number of amides is 1. The van der Waals surface area contributed by atoms with Crippen LogP contribution >= 0.6 is 0 Å². The maximum absolute atomic E-state index is 12.1. The molecule has 0 saturated carbocycles. The lowest BCUT2D eigenvalue weighted by molar-refractivity contribution is 0.0790. The maximum Gasteiger partial charge on any atom is 0.254 e. The molecule has 3 nitrogen and oxygen atoms in total. The van der Waals surface area contributed by atoms with Crippen molar-refractivity contribution in [1.29, 1.82) is 0 Å². The van der Waals surface area contributed by atoms with Gasteiger partial charge in [-0.1, -0.05) is 12.2 Å². The van der Waals surface area contributed by atoms with Gasteiger partial charge in [0.15, 0.2) is 0 Å². The molecule has 1 amide bonds. The average molecular weight is 216 g/mol. The second kappa shape index (κ2) is 5.85. The Kier molecular flexibility index (Phi) is 4.45. The first kappa shape index (κ1) is 12.2. The molecule has 0 radical (unpaired) electrons. The summed E-state index contributed by atoms with van der Waals surface area (Å²) in [6.45, 7) is 10.2. The van der Waals surface area contributed by atoms with Crippen molar-refractivity contribution in [3.8, 4) is 0 Å². The summed E-state index contributed by atoms with van der Waals surface area (Å²) in [7, 11) is 0. The monoisotopic (exact) mass is 216 g/mol. The van der Waals surface area contributed by atoms with E-state index in [1.165, 1.54) is 0 Å². The number of nitrogens with zero attached hydrogens (tertiary/aromatic N) is 2. The van der Waals surface area contributed by atoms with Gasteiger partial charge in [0, 0.05) is 30.5 Å². The number of aryl methyl sites for hydroxylation is 1. The van der Waals surface area contributed by atoms with E-state index in [-0.39, 0.29) is 5.91 Å². The summed E-state index contributed by atoms with van der Waals surface area (Å²) in [4.78, 5) is 17.8. The molecule has 0 fully saturated rings. The molecule has 0 aliphatic heterocycles. The third-order valence-corrected chi connectivity index (χ3v) is 2.13. The lowest BCUT2D eigenvalue weighted by Crippen LogP contribution is -2.31. The van der Waals surface area contributed by atoms with Gasteiger partial charge in [0.05, 0.1) is 0 Å². The highest BCUT2D eigenvalue weighted by molar-refractivity contribution is 5.94. The molecule has 0 aliphatic rings. The highest BCUT2D eigenvalue weighted by Crippen LogP contribution is 2.06. The fourth-order valence-electron chi connectivity index (χ4n) is 1.41. The Morgan fingerprint density at radius 3 is 2.56 bits per heavy atom. The number of pyridine rings is 1.